The Kier molecular flexibility index (Phi) is 6.38. The highest BCUT2D eigenvalue weighted by atomic mass is 79.9. The molecule has 4 N–H and O–H groups in total. The Balaban J connectivity index is 1.81. The summed E-state index contributed by atoms with van der Waals surface area (Å²) in [5, 5.41) is 5.53. The van der Waals surface area contributed by atoms with Crippen molar-refractivity contribution in [1.29, 1.82) is 0 Å². The van der Waals surface area contributed by atoms with E-state index in [2.05, 4.69) is 39.0 Å². The summed E-state index contributed by atoms with van der Waals surface area (Å²) in [7, 11) is 1.88. The van der Waals surface area contributed by atoms with Gasteiger partial charge in [-0.2, -0.15) is 9.61 Å². The van der Waals surface area contributed by atoms with Gasteiger partial charge in [-0.3, -0.25) is 14.7 Å². The van der Waals surface area contributed by atoms with E-state index in [0.717, 1.165) is 45.0 Å². The average molecular weight is 496 g/mol. The van der Waals surface area contributed by atoms with Crippen molar-refractivity contribution >= 4 is 44.2 Å². The van der Waals surface area contributed by atoms with Gasteiger partial charge in [-0.1, -0.05) is 31.5 Å². The predicted molar refractivity (Wildman–Crippen MR) is 130 cm³/mol. The molecule has 0 aliphatic rings. The number of amides is 1. The highest BCUT2D eigenvalue weighted by molar-refractivity contribution is 9.10. The minimum absolute atomic E-state index is 0.0727. The molecule has 4 aromatic rings. The lowest BCUT2D eigenvalue weighted by Crippen LogP contribution is -2.34. The molecule has 3 heterocycles. The van der Waals surface area contributed by atoms with Crippen LogP contribution in [0.25, 0.3) is 27.7 Å². The van der Waals surface area contributed by atoms with E-state index in [-0.39, 0.29) is 18.4 Å². The van der Waals surface area contributed by atoms with Crippen LogP contribution in [0.5, 0.6) is 0 Å². The van der Waals surface area contributed by atoms with Crippen LogP contribution in [-0.4, -0.2) is 50.5 Å². The van der Waals surface area contributed by atoms with Crippen LogP contribution in [0.15, 0.2) is 47.2 Å². The smallest absolute Gasteiger partial charge is 0.231 e. The number of likely N-dealkylation sites (N-methyl/N-ethyl adjacent to an activating group) is 1. The molecule has 1 amide bonds. The number of para-hydroxylation sites is 1. The highest BCUT2D eigenvalue weighted by Crippen LogP contribution is 2.35. The van der Waals surface area contributed by atoms with Gasteiger partial charge in [0.2, 0.25) is 5.91 Å². The fourth-order valence-corrected chi connectivity index (χ4v) is 4.66. The average Bonchev–Trinajstić information content (AvgIpc) is 3.19. The predicted octanol–water partition coefficient (Wildman–Crippen LogP) is 3.59. The van der Waals surface area contributed by atoms with Crippen LogP contribution in [0.2, 0.25) is 0 Å². The zero-order valence-electron chi connectivity index (χ0n) is 18.1. The standard InChI is InChI=1S/C23H26BrN7O/c1-3-6-15(12-30(2)13-19(25)32)21-20(24)22(26)31-23(29-21)17(11-28-31)16-9-14-7-4-5-8-18(14)27-10-16/h4-5,7-11,15H,3,6,12-13,26H2,1-2H3,(H2,25,32). The lowest BCUT2D eigenvalue weighted by molar-refractivity contribution is -0.118. The van der Waals surface area contributed by atoms with Crippen molar-refractivity contribution in [2.45, 2.75) is 25.7 Å². The normalized spacial score (nSPS) is 12.6. The first-order chi connectivity index (χ1) is 15.4. The number of nitrogens with zero attached hydrogens (tertiary/aromatic N) is 5. The molecule has 0 bridgehead atoms. The van der Waals surface area contributed by atoms with Crippen molar-refractivity contribution in [1.82, 2.24) is 24.5 Å². The molecule has 0 aliphatic heterocycles. The van der Waals surface area contributed by atoms with Crippen LogP contribution < -0.4 is 11.5 Å². The Hall–Kier alpha value is -3.04. The van der Waals surface area contributed by atoms with Gasteiger partial charge in [0.1, 0.15) is 5.82 Å². The van der Waals surface area contributed by atoms with Crippen LogP contribution in [0.3, 0.4) is 0 Å². The summed E-state index contributed by atoms with van der Waals surface area (Å²) in [6.45, 7) is 2.96. The molecule has 3 aromatic heterocycles. The molecule has 0 spiro atoms. The second kappa shape index (κ2) is 9.22. The van der Waals surface area contributed by atoms with E-state index in [1.54, 1.807) is 10.7 Å². The second-order valence-electron chi connectivity index (χ2n) is 8.06. The van der Waals surface area contributed by atoms with Crippen molar-refractivity contribution in [3.63, 3.8) is 0 Å². The van der Waals surface area contributed by atoms with Crippen molar-refractivity contribution in [3.8, 4) is 11.1 Å². The number of hydrogen-bond acceptors (Lipinski definition) is 6. The lowest BCUT2D eigenvalue weighted by Gasteiger charge is -2.24. The van der Waals surface area contributed by atoms with Gasteiger partial charge >= 0.3 is 0 Å². The quantitative estimate of drug-likeness (QED) is 0.385. The number of aromatic nitrogens is 4. The summed E-state index contributed by atoms with van der Waals surface area (Å²) < 4.78 is 2.37. The maximum absolute atomic E-state index is 11.4. The van der Waals surface area contributed by atoms with Gasteiger partial charge in [-0.05, 0) is 41.5 Å². The summed E-state index contributed by atoms with van der Waals surface area (Å²) in [6, 6.07) is 10.1. The first-order valence-corrected chi connectivity index (χ1v) is 11.3. The Morgan fingerprint density at radius 2 is 2.06 bits per heavy atom. The van der Waals surface area contributed by atoms with Gasteiger partial charge in [-0.25, -0.2) is 4.98 Å². The third-order valence-electron chi connectivity index (χ3n) is 5.53. The Morgan fingerprint density at radius 3 is 2.81 bits per heavy atom. The Morgan fingerprint density at radius 1 is 1.28 bits per heavy atom. The van der Waals surface area contributed by atoms with E-state index < -0.39 is 0 Å². The Bertz CT molecular complexity index is 1290. The number of hydrogen-bond donors (Lipinski definition) is 2. The number of halogens is 1. The fraction of sp³-hybridized carbons (Fsp3) is 0.304. The molecule has 0 saturated carbocycles. The number of nitrogen functional groups attached to an aromatic ring is 1. The largest absolute Gasteiger partial charge is 0.383 e. The van der Waals surface area contributed by atoms with Crippen LogP contribution in [0.1, 0.15) is 31.4 Å². The molecule has 8 nitrogen and oxygen atoms in total. The maximum Gasteiger partial charge on any atom is 0.231 e. The zero-order valence-corrected chi connectivity index (χ0v) is 19.7. The van der Waals surface area contributed by atoms with Crippen molar-refractivity contribution in [3.05, 3.63) is 52.9 Å². The van der Waals surface area contributed by atoms with E-state index in [1.807, 2.05) is 42.4 Å². The molecular formula is C23H26BrN7O. The minimum Gasteiger partial charge on any atom is -0.383 e. The van der Waals surface area contributed by atoms with Crippen LogP contribution in [-0.2, 0) is 4.79 Å². The topological polar surface area (TPSA) is 115 Å². The molecule has 0 saturated heterocycles. The summed E-state index contributed by atoms with van der Waals surface area (Å²) in [5.74, 6) is 0.207. The third-order valence-corrected chi connectivity index (χ3v) is 6.34. The molecule has 0 radical (unpaired) electrons. The van der Waals surface area contributed by atoms with Crippen molar-refractivity contribution in [2.75, 3.05) is 25.9 Å². The number of benzene rings is 1. The molecular weight excluding hydrogens is 470 g/mol. The maximum atomic E-state index is 11.4. The van der Waals surface area contributed by atoms with Gasteiger partial charge in [0.15, 0.2) is 5.65 Å². The monoisotopic (exact) mass is 495 g/mol. The number of nitrogens with two attached hydrogens (primary N) is 2. The number of anilines is 1. The van der Waals surface area contributed by atoms with E-state index in [1.165, 1.54) is 0 Å². The zero-order chi connectivity index (χ0) is 22.8. The van der Waals surface area contributed by atoms with Gasteiger partial charge in [0.05, 0.1) is 28.4 Å². The summed E-state index contributed by atoms with van der Waals surface area (Å²) in [4.78, 5) is 22.9. The van der Waals surface area contributed by atoms with Crippen LogP contribution in [0, 0.1) is 0 Å². The molecule has 0 aliphatic carbocycles. The lowest BCUT2D eigenvalue weighted by atomic mass is 9.98. The number of pyridine rings is 1. The van der Waals surface area contributed by atoms with E-state index >= 15 is 0 Å². The second-order valence-corrected chi connectivity index (χ2v) is 8.85. The molecule has 9 heteroatoms. The van der Waals surface area contributed by atoms with Crippen LogP contribution >= 0.6 is 15.9 Å². The van der Waals surface area contributed by atoms with Crippen LogP contribution in [0.4, 0.5) is 5.82 Å². The minimum atomic E-state index is -0.355. The van der Waals surface area contributed by atoms with Gasteiger partial charge < -0.3 is 11.5 Å². The molecule has 4 rings (SSSR count). The SMILES string of the molecule is CCCC(CN(C)CC(N)=O)c1nc2c(-c3cnc4ccccc4c3)cnn2c(N)c1Br. The summed E-state index contributed by atoms with van der Waals surface area (Å²) in [6.07, 6.45) is 5.47. The molecule has 1 unspecified atom stereocenters. The number of primary amides is 1. The van der Waals surface area contributed by atoms with Crippen molar-refractivity contribution in [2.24, 2.45) is 5.73 Å². The first kappa shape index (κ1) is 22.2. The molecule has 0 fully saturated rings. The number of carbonyl (C=O) groups is 1. The molecule has 1 aromatic carbocycles. The molecule has 1 atom stereocenters. The molecule has 32 heavy (non-hydrogen) atoms. The van der Waals surface area contributed by atoms with E-state index in [4.69, 9.17) is 16.5 Å². The summed E-state index contributed by atoms with van der Waals surface area (Å²) in [5.41, 5.74) is 16.1. The van der Waals surface area contributed by atoms with E-state index in [0.29, 0.717) is 18.0 Å². The highest BCUT2D eigenvalue weighted by Gasteiger charge is 2.23. The first-order valence-electron chi connectivity index (χ1n) is 10.5. The van der Waals surface area contributed by atoms with Crippen molar-refractivity contribution < 1.29 is 4.79 Å². The van der Waals surface area contributed by atoms with Gasteiger partial charge in [-0.15, -0.1) is 0 Å². The third kappa shape index (κ3) is 4.31. The van der Waals surface area contributed by atoms with Gasteiger partial charge in [0.25, 0.3) is 0 Å². The van der Waals surface area contributed by atoms with Gasteiger partial charge in [0, 0.05) is 35.2 Å². The Labute approximate surface area is 194 Å². The number of carbonyl (C=O) groups excluding carboxylic acids is 1. The molecule has 166 valence electrons. The summed E-state index contributed by atoms with van der Waals surface area (Å²) >= 11 is 3.64. The fourth-order valence-electron chi connectivity index (χ4n) is 4.08. The number of fused-ring (bicyclic) bond motifs is 2. The number of rotatable bonds is 8. The van der Waals surface area contributed by atoms with E-state index in [9.17, 15) is 4.79 Å².